The number of nitrogens with one attached hydrogen (secondary N) is 3. The Morgan fingerprint density at radius 1 is 1.07 bits per heavy atom. The standard InChI is InChI=1S/C19H19N3O5S/c1-10-7-13(11(2)28-10)16(23)5-6-18(25)27-9-17(24)20-12-3-4-14-15(8-12)22-19(26)21-14/h3-4,7-8H,5-6,9H2,1-2H3,(H,20,24)(H2,21,22,26). The van der Waals surface area contributed by atoms with E-state index in [0.29, 0.717) is 22.3 Å². The molecule has 0 bridgehead atoms. The minimum atomic E-state index is -0.612. The van der Waals surface area contributed by atoms with E-state index in [9.17, 15) is 19.2 Å². The Bertz CT molecular complexity index is 1110. The first-order valence-corrected chi connectivity index (χ1v) is 9.41. The fourth-order valence-electron chi connectivity index (χ4n) is 2.78. The lowest BCUT2D eigenvalue weighted by molar-refractivity contribution is -0.147. The number of ketones is 1. The molecule has 2 aromatic heterocycles. The average Bonchev–Trinajstić information content (AvgIpc) is 3.17. The molecule has 0 aliphatic carbocycles. The van der Waals surface area contributed by atoms with E-state index in [1.807, 2.05) is 19.9 Å². The van der Waals surface area contributed by atoms with Crippen molar-refractivity contribution in [2.24, 2.45) is 0 Å². The van der Waals surface area contributed by atoms with E-state index in [-0.39, 0.29) is 24.3 Å². The van der Waals surface area contributed by atoms with Crippen molar-refractivity contribution in [2.75, 3.05) is 11.9 Å². The topological polar surface area (TPSA) is 121 Å². The van der Waals surface area contributed by atoms with Gasteiger partial charge in [0.05, 0.1) is 17.5 Å². The summed E-state index contributed by atoms with van der Waals surface area (Å²) in [7, 11) is 0. The maximum absolute atomic E-state index is 12.2. The van der Waals surface area contributed by atoms with Gasteiger partial charge in [0.25, 0.3) is 5.91 Å². The summed E-state index contributed by atoms with van der Waals surface area (Å²) in [6, 6.07) is 6.68. The highest BCUT2D eigenvalue weighted by molar-refractivity contribution is 7.12. The average molecular weight is 401 g/mol. The number of H-pyrrole nitrogens is 2. The van der Waals surface area contributed by atoms with Crippen LogP contribution in [0, 0.1) is 13.8 Å². The summed E-state index contributed by atoms with van der Waals surface area (Å²) < 4.78 is 4.92. The zero-order chi connectivity index (χ0) is 20.3. The zero-order valence-corrected chi connectivity index (χ0v) is 16.2. The third-order valence-electron chi connectivity index (χ3n) is 4.06. The molecule has 8 nitrogen and oxygen atoms in total. The van der Waals surface area contributed by atoms with Gasteiger partial charge in [-0.25, -0.2) is 4.79 Å². The van der Waals surface area contributed by atoms with Crippen LogP contribution in [0.4, 0.5) is 5.69 Å². The number of aryl methyl sites for hydroxylation is 2. The summed E-state index contributed by atoms with van der Waals surface area (Å²) in [4.78, 5) is 54.3. The second-order valence-corrected chi connectivity index (χ2v) is 7.76. The number of hydrogen-bond donors (Lipinski definition) is 3. The Hall–Kier alpha value is -3.20. The highest BCUT2D eigenvalue weighted by atomic mass is 32.1. The molecule has 9 heteroatoms. The number of benzene rings is 1. The molecule has 0 spiro atoms. The number of thiophene rings is 1. The van der Waals surface area contributed by atoms with Crippen molar-refractivity contribution in [3.05, 3.63) is 50.1 Å². The van der Waals surface area contributed by atoms with Crippen molar-refractivity contribution in [1.82, 2.24) is 9.97 Å². The fourth-order valence-corrected chi connectivity index (χ4v) is 3.73. The highest BCUT2D eigenvalue weighted by Crippen LogP contribution is 2.22. The molecule has 0 aliphatic rings. The van der Waals surface area contributed by atoms with Crippen molar-refractivity contribution in [3.8, 4) is 0 Å². The molecule has 3 rings (SSSR count). The van der Waals surface area contributed by atoms with E-state index >= 15 is 0 Å². The Kier molecular flexibility index (Phi) is 5.74. The number of aromatic amines is 2. The number of Topliss-reactive ketones (excluding diaryl/α,β-unsaturated/α-hetero) is 1. The van der Waals surface area contributed by atoms with Crippen LogP contribution in [0.5, 0.6) is 0 Å². The normalized spacial score (nSPS) is 10.8. The van der Waals surface area contributed by atoms with Crippen molar-refractivity contribution < 1.29 is 19.1 Å². The van der Waals surface area contributed by atoms with E-state index < -0.39 is 18.5 Å². The monoisotopic (exact) mass is 401 g/mol. The minimum Gasteiger partial charge on any atom is -0.456 e. The first-order chi connectivity index (χ1) is 13.3. The van der Waals surface area contributed by atoms with Crippen LogP contribution in [0.3, 0.4) is 0 Å². The summed E-state index contributed by atoms with van der Waals surface area (Å²) in [5.74, 6) is -1.24. The van der Waals surface area contributed by atoms with Crippen LogP contribution >= 0.6 is 11.3 Å². The van der Waals surface area contributed by atoms with Gasteiger partial charge >= 0.3 is 11.7 Å². The molecule has 0 unspecified atom stereocenters. The number of esters is 1. The Labute approximate surface area is 163 Å². The molecule has 0 saturated carbocycles. The molecule has 0 saturated heterocycles. The maximum atomic E-state index is 12.2. The number of carbonyl (C=O) groups excluding carboxylic acids is 3. The van der Waals surface area contributed by atoms with Crippen molar-refractivity contribution in [1.29, 1.82) is 0 Å². The number of anilines is 1. The molecule has 1 amide bonds. The predicted octanol–water partition coefficient (Wildman–Crippen LogP) is 2.68. The molecular formula is C19H19N3O5S. The van der Waals surface area contributed by atoms with E-state index in [4.69, 9.17) is 4.74 Å². The van der Waals surface area contributed by atoms with Crippen LogP contribution in [0.1, 0.15) is 33.0 Å². The number of rotatable bonds is 7. The lowest BCUT2D eigenvalue weighted by Crippen LogP contribution is -2.21. The Morgan fingerprint density at radius 2 is 1.82 bits per heavy atom. The first kappa shape index (κ1) is 19.6. The van der Waals surface area contributed by atoms with Gasteiger partial charge in [0.1, 0.15) is 0 Å². The van der Waals surface area contributed by atoms with E-state index in [2.05, 4.69) is 15.3 Å². The molecule has 1 aromatic carbocycles. The Balaban J connectivity index is 1.45. The molecule has 28 heavy (non-hydrogen) atoms. The van der Waals surface area contributed by atoms with Crippen LogP contribution in [0.25, 0.3) is 11.0 Å². The van der Waals surface area contributed by atoms with Crippen LogP contribution < -0.4 is 11.0 Å². The Morgan fingerprint density at radius 3 is 2.54 bits per heavy atom. The van der Waals surface area contributed by atoms with Gasteiger partial charge in [0.2, 0.25) is 0 Å². The van der Waals surface area contributed by atoms with Crippen LogP contribution in [-0.2, 0) is 14.3 Å². The van der Waals surface area contributed by atoms with Crippen molar-refractivity contribution in [3.63, 3.8) is 0 Å². The largest absolute Gasteiger partial charge is 0.456 e. The molecule has 0 atom stereocenters. The third kappa shape index (κ3) is 4.74. The molecule has 0 fully saturated rings. The predicted molar refractivity (Wildman–Crippen MR) is 106 cm³/mol. The van der Waals surface area contributed by atoms with E-state index in [0.717, 1.165) is 9.75 Å². The maximum Gasteiger partial charge on any atom is 0.323 e. The summed E-state index contributed by atoms with van der Waals surface area (Å²) in [6.45, 7) is 3.34. The number of carbonyl (C=O) groups is 3. The molecule has 3 N–H and O–H groups in total. The number of imidazole rings is 1. The third-order valence-corrected chi connectivity index (χ3v) is 5.03. The summed E-state index contributed by atoms with van der Waals surface area (Å²) >= 11 is 1.54. The lowest BCUT2D eigenvalue weighted by atomic mass is 10.1. The highest BCUT2D eigenvalue weighted by Gasteiger charge is 2.15. The molecule has 3 aromatic rings. The van der Waals surface area contributed by atoms with E-state index in [1.165, 1.54) is 11.3 Å². The van der Waals surface area contributed by atoms with Gasteiger partial charge in [-0.15, -0.1) is 11.3 Å². The van der Waals surface area contributed by atoms with Crippen LogP contribution in [0.2, 0.25) is 0 Å². The number of fused-ring (bicyclic) bond motifs is 1. The quantitative estimate of drug-likeness (QED) is 0.415. The molecule has 146 valence electrons. The number of aromatic nitrogens is 2. The number of amides is 1. The summed E-state index contributed by atoms with van der Waals surface area (Å²) in [5.41, 5.74) is 1.93. The number of ether oxygens (including phenoxy) is 1. The van der Waals surface area contributed by atoms with Crippen LogP contribution in [-0.4, -0.2) is 34.2 Å². The number of hydrogen-bond acceptors (Lipinski definition) is 6. The second-order valence-electron chi connectivity index (χ2n) is 6.30. The van der Waals surface area contributed by atoms with Gasteiger partial charge in [-0.3, -0.25) is 14.4 Å². The second kappa shape index (κ2) is 8.22. The minimum absolute atomic E-state index is 0.0367. The lowest BCUT2D eigenvalue weighted by Gasteiger charge is -2.07. The smallest absolute Gasteiger partial charge is 0.323 e. The van der Waals surface area contributed by atoms with Gasteiger partial charge in [-0.2, -0.15) is 0 Å². The molecular weight excluding hydrogens is 382 g/mol. The van der Waals surface area contributed by atoms with Gasteiger partial charge in [0, 0.05) is 27.4 Å². The van der Waals surface area contributed by atoms with E-state index in [1.54, 1.807) is 18.2 Å². The van der Waals surface area contributed by atoms with Gasteiger partial charge in [-0.1, -0.05) is 0 Å². The van der Waals surface area contributed by atoms with Crippen molar-refractivity contribution >= 4 is 45.7 Å². The van der Waals surface area contributed by atoms with Gasteiger partial charge < -0.3 is 20.0 Å². The molecule has 0 radical (unpaired) electrons. The van der Waals surface area contributed by atoms with Crippen molar-refractivity contribution in [2.45, 2.75) is 26.7 Å². The fraction of sp³-hybridized carbons (Fsp3) is 0.263. The zero-order valence-electron chi connectivity index (χ0n) is 15.4. The summed E-state index contributed by atoms with van der Waals surface area (Å²) in [5, 5.41) is 2.58. The summed E-state index contributed by atoms with van der Waals surface area (Å²) in [6.07, 6.45) is -0.0496. The molecule has 2 heterocycles. The van der Waals surface area contributed by atoms with Crippen LogP contribution in [0.15, 0.2) is 29.1 Å². The SMILES string of the molecule is Cc1cc(C(=O)CCC(=O)OCC(=O)Nc2ccc3[nH]c(=O)[nH]c3c2)c(C)s1. The molecule has 0 aliphatic heterocycles. The van der Waals surface area contributed by atoms with Gasteiger partial charge in [0.15, 0.2) is 12.4 Å². The van der Waals surface area contributed by atoms with Gasteiger partial charge in [-0.05, 0) is 38.1 Å². The first-order valence-electron chi connectivity index (χ1n) is 8.59.